The molecule has 0 aromatic heterocycles. The van der Waals surface area contributed by atoms with Crippen molar-refractivity contribution in [3.8, 4) is 0 Å². The molecule has 0 heterocycles. The monoisotopic (exact) mass is 846 g/mol. The number of aliphatic carboxylic acids is 1. The van der Waals surface area contributed by atoms with Crippen LogP contribution in [-0.2, 0) is 32.7 Å². The number of esters is 1. The lowest BCUT2D eigenvalue weighted by molar-refractivity contribution is -0.147. The van der Waals surface area contributed by atoms with Crippen LogP contribution in [0.15, 0.2) is 12.2 Å². The number of hydrogen-bond acceptors (Lipinski definition) is 8. The van der Waals surface area contributed by atoms with E-state index in [9.17, 15) is 34.1 Å². The van der Waals surface area contributed by atoms with Gasteiger partial charge in [0.15, 0.2) is 6.04 Å². The summed E-state index contributed by atoms with van der Waals surface area (Å²) in [6, 6.07) is -1.54. The summed E-state index contributed by atoms with van der Waals surface area (Å²) in [6.07, 6.45) is 42.3. The van der Waals surface area contributed by atoms with Crippen LogP contribution in [0.25, 0.3) is 0 Å². The van der Waals surface area contributed by atoms with Crippen molar-refractivity contribution in [2.24, 2.45) is 0 Å². The average Bonchev–Trinajstić information content (AvgIpc) is 3.20. The van der Waals surface area contributed by atoms with Gasteiger partial charge in [0.25, 0.3) is 0 Å². The third-order valence-corrected chi connectivity index (χ3v) is 11.5. The molecule has 0 aromatic rings. The SMILES string of the molecule is CCCCCCCC/C=C\CCCCCCCCCC(=O)OCC(O)COP(=O)(O)OCC(NC(=O)CCCCCCCCCCCCCCCCCCC)C(=O)O. The Morgan fingerprint density at radius 3 is 1.31 bits per heavy atom. The Hall–Kier alpha value is -1.78. The molecule has 0 radical (unpaired) electrons. The van der Waals surface area contributed by atoms with Crippen molar-refractivity contribution < 1.29 is 47.8 Å². The normalized spacial score (nSPS) is 13.7. The Labute approximate surface area is 354 Å². The quantitative estimate of drug-likeness (QED) is 0.0200. The molecule has 11 nitrogen and oxygen atoms in total. The number of aliphatic hydroxyl groups is 1. The molecule has 3 atom stereocenters. The van der Waals surface area contributed by atoms with Gasteiger partial charge < -0.3 is 25.2 Å². The number of nitrogens with one attached hydrogen (secondary N) is 1. The number of allylic oxidation sites excluding steroid dienone is 2. The number of carboxylic acid groups (broad SMARTS) is 1. The van der Waals surface area contributed by atoms with Gasteiger partial charge in [-0.05, 0) is 38.5 Å². The number of carbonyl (C=O) groups is 3. The number of phosphoric acid groups is 1. The first-order chi connectivity index (χ1) is 28.1. The third-order valence-electron chi connectivity index (χ3n) is 10.6. The van der Waals surface area contributed by atoms with Crippen molar-refractivity contribution in [3.63, 3.8) is 0 Å². The maximum absolute atomic E-state index is 12.3. The van der Waals surface area contributed by atoms with Crippen LogP contribution < -0.4 is 5.32 Å². The summed E-state index contributed by atoms with van der Waals surface area (Å²) < 4.78 is 26.9. The number of carboxylic acids is 1. The average molecular weight is 846 g/mol. The second kappa shape index (κ2) is 41.9. The summed E-state index contributed by atoms with van der Waals surface area (Å²) in [5.74, 6) is -2.36. The van der Waals surface area contributed by atoms with E-state index in [1.54, 1.807) is 0 Å². The fourth-order valence-electron chi connectivity index (χ4n) is 6.84. The zero-order valence-electron chi connectivity index (χ0n) is 37.1. The van der Waals surface area contributed by atoms with Crippen molar-refractivity contribution in [1.29, 1.82) is 0 Å². The van der Waals surface area contributed by atoms with Crippen molar-refractivity contribution in [3.05, 3.63) is 12.2 Å². The zero-order chi connectivity index (χ0) is 42.8. The predicted molar refractivity (Wildman–Crippen MR) is 236 cm³/mol. The summed E-state index contributed by atoms with van der Waals surface area (Å²) in [4.78, 5) is 46.0. The highest BCUT2D eigenvalue weighted by Crippen LogP contribution is 2.43. The number of rotatable bonds is 45. The van der Waals surface area contributed by atoms with Crippen LogP contribution >= 0.6 is 7.82 Å². The molecule has 0 rings (SSSR count). The Morgan fingerprint density at radius 1 is 0.534 bits per heavy atom. The van der Waals surface area contributed by atoms with Crippen LogP contribution in [0.5, 0.6) is 0 Å². The van der Waals surface area contributed by atoms with Gasteiger partial charge in [0, 0.05) is 12.8 Å². The highest BCUT2D eigenvalue weighted by atomic mass is 31.2. The number of hydrogen-bond donors (Lipinski definition) is 4. The van der Waals surface area contributed by atoms with E-state index in [2.05, 4.69) is 31.3 Å². The van der Waals surface area contributed by atoms with Crippen LogP contribution in [0.3, 0.4) is 0 Å². The van der Waals surface area contributed by atoms with Gasteiger partial charge in [-0.25, -0.2) is 9.36 Å². The minimum absolute atomic E-state index is 0.151. The molecule has 1 amide bonds. The van der Waals surface area contributed by atoms with Gasteiger partial charge in [-0.2, -0.15) is 0 Å². The molecular formula is C46H88NO10P. The van der Waals surface area contributed by atoms with Crippen LogP contribution in [0.2, 0.25) is 0 Å². The molecule has 0 aliphatic heterocycles. The lowest BCUT2D eigenvalue weighted by Gasteiger charge is -2.18. The molecule has 4 N–H and O–H groups in total. The van der Waals surface area contributed by atoms with Gasteiger partial charge in [0.05, 0.1) is 13.2 Å². The van der Waals surface area contributed by atoms with Crippen molar-refractivity contribution in [1.82, 2.24) is 5.32 Å². The number of ether oxygens (including phenoxy) is 1. The second-order valence-corrected chi connectivity index (χ2v) is 17.8. The summed E-state index contributed by atoms with van der Waals surface area (Å²) in [7, 11) is -4.75. The topological polar surface area (TPSA) is 169 Å². The minimum Gasteiger partial charge on any atom is -0.480 e. The molecule has 0 fully saturated rings. The van der Waals surface area contributed by atoms with Crippen molar-refractivity contribution >= 4 is 25.7 Å². The molecular weight excluding hydrogens is 757 g/mol. The van der Waals surface area contributed by atoms with Gasteiger partial charge in [-0.1, -0.05) is 193 Å². The molecule has 3 unspecified atom stereocenters. The van der Waals surface area contributed by atoms with E-state index in [1.165, 1.54) is 148 Å². The fourth-order valence-corrected chi connectivity index (χ4v) is 7.61. The van der Waals surface area contributed by atoms with E-state index >= 15 is 0 Å². The summed E-state index contributed by atoms with van der Waals surface area (Å²) in [5.41, 5.74) is 0. The lowest BCUT2D eigenvalue weighted by atomic mass is 10.0. The molecule has 0 bridgehead atoms. The summed E-state index contributed by atoms with van der Waals surface area (Å²) in [5, 5.41) is 21.9. The molecule has 342 valence electrons. The fraction of sp³-hybridized carbons (Fsp3) is 0.891. The Bertz CT molecular complexity index is 1040. The molecule has 12 heteroatoms. The molecule has 0 aromatic carbocycles. The first kappa shape index (κ1) is 56.2. The Morgan fingerprint density at radius 2 is 0.897 bits per heavy atom. The third kappa shape index (κ3) is 41.0. The number of unbranched alkanes of at least 4 members (excludes halogenated alkanes) is 29. The summed E-state index contributed by atoms with van der Waals surface area (Å²) in [6.45, 7) is 2.62. The van der Waals surface area contributed by atoms with Crippen LogP contribution in [0.4, 0.5) is 0 Å². The Kier molecular flexibility index (Phi) is 40.6. The smallest absolute Gasteiger partial charge is 0.472 e. The first-order valence-electron chi connectivity index (χ1n) is 23.7. The maximum Gasteiger partial charge on any atom is 0.472 e. The number of carbonyl (C=O) groups excluding carboxylic acids is 2. The van der Waals surface area contributed by atoms with E-state index < -0.39 is 57.6 Å². The maximum atomic E-state index is 12.3. The molecule has 0 saturated heterocycles. The second-order valence-electron chi connectivity index (χ2n) is 16.3. The Balaban J connectivity index is 3.85. The molecule has 58 heavy (non-hydrogen) atoms. The lowest BCUT2D eigenvalue weighted by Crippen LogP contribution is -2.43. The van der Waals surface area contributed by atoms with E-state index in [1.807, 2.05) is 0 Å². The van der Waals surface area contributed by atoms with Crippen molar-refractivity contribution in [2.75, 3.05) is 19.8 Å². The van der Waals surface area contributed by atoms with Gasteiger partial charge in [0.1, 0.15) is 12.7 Å². The summed E-state index contributed by atoms with van der Waals surface area (Å²) >= 11 is 0. The highest BCUT2D eigenvalue weighted by molar-refractivity contribution is 7.47. The largest absolute Gasteiger partial charge is 0.480 e. The molecule has 0 aliphatic rings. The van der Waals surface area contributed by atoms with Gasteiger partial charge in [0.2, 0.25) is 5.91 Å². The van der Waals surface area contributed by atoms with E-state index in [4.69, 9.17) is 13.8 Å². The number of phosphoric ester groups is 1. The van der Waals surface area contributed by atoms with Crippen LogP contribution in [-0.4, -0.2) is 64.9 Å². The zero-order valence-corrected chi connectivity index (χ0v) is 38.0. The standard InChI is InChI=1S/C46H88NO10P/c1-3-5-7-9-11-13-15-17-19-21-23-25-27-29-31-33-35-37-44(49)47-43(46(51)52)41-57-58(53,54)56-40-42(48)39-55-45(50)38-36-34-32-30-28-26-24-22-20-18-16-14-12-10-8-6-4-2/h18,20,42-43,48H,3-17,19,21-41H2,1-2H3,(H,47,49)(H,51,52)(H,53,54)/b20-18-. The van der Waals surface area contributed by atoms with E-state index in [-0.39, 0.29) is 12.8 Å². The minimum atomic E-state index is -4.75. The van der Waals surface area contributed by atoms with Gasteiger partial charge >= 0.3 is 19.8 Å². The highest BCUT2D eigenvalue weighted by Gasteiger charge is 2.28. The van der Waals surface area contributed by atoms with Crippen LogP contribution in [0.1, 0.15) is 232 Å². The van der Waals surface area contributed by atoms with Gasteiger partial charge in [-0.15, -0.1) is 0 Å². The molecule has 0 spiro atoms. The van der Waals surface area contributed by atoms with Gasteiger partial charge in [-0.3, -0.25) is 18.6 Å². The van der Waals surface area contributed by atoms with Crippen molar-refractivity contribution in [2.45, 2.75) is 244 Å². The van der Waals surface area contributed by atoms with E-state index in [0.717, 1.165) is 44.9 Å². The predicted octanol–water partition coefficient (Wildman–Crippen LogP) is 12.5. The molecule has 0 saturated carbocycles. The van der Waals surface area contributed by atoms with E-state index in [0.29, 0.717) is 12.8 Å². The number of amides is 1. The first-order valence-corrected chi connectivity index (χ1v) is 25.2. The number of aliphatic hydroxyl groups excluding tert-OH is 1. The molecule has 0 aliphatic carbocycles. The van der Waals surface area contributed by atoms with Crippen LogP contribution in [0, 0.1) is 0 Å².